The molecule has 15 rings (SSSR count). The van der Waals surface area contributed by atoms with Gasteiger partial charge in [-0.05, 0) is 94.6 Å². The van der Waals surface area contributed by atoms with Gasteiger partial charge in [-0.1, -0.05) is 75.4 Å². The molecule has 508 valence electrons. The molecule has 28 heteroatoms. The van der Waals surface area contributed by atoms with Crippen molar-refractivity contribution < 1.29 is 80.3 Å². The molecule has 3 aromatic carbocycles. The van der Waals surface area contributed by atoms with Gasteiger partial charge < -0.3 is 57.9 Å². The number of rotatable bonds is 9. The summed E-state index contributed by atoms with van der Waals surface area (Å²) < 4.78 is 73.8. The molecular weight excluding hydrogens is 1290 g/mol. The summed E-state index contributed by atoms with van der Waals surface area (Å²) in [5, 5.41) is 17.4. The molecule has 0 aliphatic carbocycles. The number of nitrogens with one attached hydrogen (secondary N) is 2. The first-order valence-corrected chi connectivity index (χ1v) is 31.6. The zero-order chi connectivity index (χ0) is 70.4. The molecule has 0 radical (unpaired) electrons. The van der Waals surface area contributed by atoms with Crippen LogP contribution in [-0.2, 0) is 113 Å². The maximum absolute atomic E-state index is 13.5. The molecule has 0 bridgehead atoms. The first-order valence-electron chi connectivity index (χ1n) is 31.6. The lowest BCUT2D eigenvalue weighted by Gasteiger charge is -2.35. The summed E-state index contributed by atoms with van der Waals surface area (Å²) in [5.74, 6) is -6.96. The fraction of sp³-hybridized carbons (Fsp3) is 0.310. The van der Waals surface area contributed by atoms with Gasteiger partial charge in [-0.25, -0.2) is 34.1 Å². The summed E-state index contributed by atoms with van der Waals surface area (Å²) in [6.07, 6.45) is -6.00. The zero-order valence-corrected chi connectivity index (χ0v) is 54.0. The number of nitrogens with zero attached hydrogens (tertiary/aromatic N) is 6. The molecule has 0 saturated heterocycles. The van der Waals surface area contributed by atoms with Gasteiger partial charge in [0, 0.05) is 49.5 Å². The fourth-order valence-corrected chi connectivity index (χ4v) is 13.3. The number of aliphatic hydroxyl groups is 1. The van der Waals surface area contributed by atoms with E-state index in [1.807, 2.05) is 91.0 Å². The number of halogens is 3. The zero-order valence-electron chi connectivity index (χ0n) is 54.0. The number of alkyl halides is 3. The minimum Gasteiger partial charge on any atom is -0.458 e. The van der Waals surface area contributed by atoms with Gasteiger partial charge in [0.15, 0.2) is 5.60 Å². The number of ether oxygens (including phenoxy) is 6. The Hall–Kier alpha value is -11.4. The third kappa shape index (κ3) is 11.5. The second-order valence-corrected chi connectivity index (χ2v) is 25.3. The van der Waals surface area contributed by atoms with Crippen LogP contribution in [0.1, 0.15) is 111 Å². The van der Waals surface area contributed by atoms with E-state index in [1.165, 1.54) is 22.9 Å². The molecule has 0 spiro atoms. The standard InChI is InChI=1S/C27H27N3O7.C24H18F3N3O6.C20H16N2O4/c1-5-27(36-21(31)12-28-25(34)37-26(2,3)4)18-11-20-22-16(10-15-8-6-7-9-19(15)29-22)13-30(20)23(32)17(18)14-35-24(27)33;1-2-23(36-18(31)9-28-21(33)24(25,26)27)15-8-17-19-13(7-12-5-3-4-6-16(12)29-19)10-30(17)20(32)14(15)11-35-22(23)34;1-2-20(25)14-8-16-17-12(7-11-5-3-4-6-15(11)21-17)9-22(16)18(23)13(14)10-26-19(20)24/h6-11H,5,12-14H2,1-4H3,(H,28,34);3-8H,2,9-11H2,1H3,(H,28,33);3-8,25H,2,9-10H2,1H3/t27-;23-;20-/m000/s1. The average molecular weight is 1360 g/mol. The molecule has 6 aliphatic rings. The Morgan fingerprint density at radius 1 is 0.515 bits per heavy atom. The lowest BCUT2D eigenvalue weighted by molar-refractivity contribution is -0.190. The first kappa shape index (κ1) is 66.2. The molecular formula is C71H61F3N8O17. The van der Waals surface area contributed by atoms with Gasteiger partial charge in [-0.3, -0.25) is 28.8 Å². The predicted octanol–water partition coefficient (Wildman–Crippen LogP) is 7.54. The molecule has 0 saturated carbocycles. The number of para-hydroxylation sites is 3. The highest BCUT2D eigenvalue weighted by Crippen LogP contribution is 2.44. The molecule has 25 nitrogen and oxygen atoms in total. The molecule has 6 aromatic heterocycles. The lowest BCUT2D eigenvalue weighted by atomic mass is 9.85. The van der Waals surface area contributed by atoms with Crippen LogP contribution in [0.15, 0.2) is 124 Å². The quantitative estimate of drug-likeness (QED) is 0.0927. The van der Waals surface area contributed by atoms with Gasteiger partial charge in [0.05, 0.1) is 87.0 Å². The van der Waals surface area contributed by atoms with Crippen molar-refractivity contribution in [3.05, 3.63) is 190 Å². The van der Waals surface area contributed by atoms with E-state index in [1.54, 1.807) is 55.9 Å². The van der Waals surface area contributed by atoms with Gasteiger partial charge in [0.1, 0.15) is 38.5 Å². The van der Waals surface area contributed by atoms with Crippen molar-refractivity contribution in [3.8, 4) is 34.2 Å². The summed E-state index contributed by atoms with van der Waals surface area (Å²) in [5.41, 5.74) is 2.30. The Labute approximate surface area is 558 Å². The third-order valence-corrected chi connectivity index (χ3v) is 18.2. The van der Waals surface area contributed by atoms with Crippen LogP contribution >= 0.6 is 0 Å². The van der Waals surface area contributed by atoms with E-state index < -0.39 is 89.1 Å². The number of cyclic esters (lactones) is 3. The van der Waals surface area contributed by atoms with E-state index in [-0.39, 0.29) is 79.0 Å². The van der Waals surface area contributed by atoms with Crippen LogP contribution in [0.25, 0.3) is 66.9 Å². The number of amides is 2. The summed E-state index contributed by atoms with van der Waals surface area (Å²) >= 11 is 0. The maximum atomic E-state index is 13.5. The van der Waals surface area contributed by atoms with Crippen molar-refractivity contribution in [3.63, 3.8) is 0 Å². The Morgan fingerprint density at radius 2 is 0.869 bits per heavy atom. The number of benzene rings is 3. The number of hydrogen-bond acceptors (Lipinski definition) is 20. The van der Waals surface area contributed by atoms with Crippen LogP contribution in [0.3, 0.4) is 0 Å². The maximum Gasteiger partial charge on any atom is 0.471 e. The van der Waals surface area contributed by atoms with Gasteiger partial charge in [-0.2, -0.15) is 13.2 Å². The van der Waals surface area contributed by atoms with Gasteiger partial charge in [0.25, 0.3) is 16.7 Å². The number of pyridine rings is 6. The SMILES string of the molecule is CC[C@@]1(O)C(=O)OCc2c1cc1n(c2=O)Cc2cc3ccccc3nc2-1.CC[C@@]1(OC(=O)CNC(=O)C(F)(F)F)C(=O)OCc2c1cc1n(c2=O)Cc2cc3ccccc3nc2-1.CC[C@@]1(OC(=O)CNC(=O)OC(C)(C)C)C(=O)OCc2c1cc1n(c2=O)Cc2cc3ccccc3nc2-1. The number of carbonyl (C=O) groups excluding carboxylic acids is 7. The van der Waals surface area contributed by atoms with Gasteiger partial charge in [-0.15, -0.1) is 0 Å². The smallest absolute Gasteiger partial charge is 0.458 e. The normalized spacial score (nSPS) is 18.7. The van der Waals surface area contributed by atoms with Crippen LogP contribution in [0.4, 0.5) is 18.0 Å². The minimum atomic E-state index is -5.20. The number of esters is 5. The Bertz CT molecular complexity index is 5210. The van der Waals surface area contributed by atoms with Crippen molar-refractivity contribution in [2.45, 2.75) is 129 Å². The highest BCUT2D eigenvalue weighted by Gasteiger charge is 2.53. The van der Waals surface area contributed by atoms with Gasteiger partial charge in [0.2, 0.25) is 11.2 Å². The molecule has 3 atom stereocenters. The Morgan fingerprint density at radius 3 is 1.23 bits per heavy atom. The minimum absolute atomic E-state index is 0.0257. The summed E-state index contributed by atoms with van der Waals surface area (Å²) in [6.45, 7) is 8.58. The number of hydrogen-bond donors (Lipinski definition) is 3. The van der Waals surface area contributed by atoms with Crippen LogP contribution in [0.5, 0.6) is 0 Å². The van der Waals surface area contributed by atoms with Crippen molar-refractivity contribution in [2.24, 2.45) is 0 Å². The van der Waals surface area contributed by atoms with Crippen molar-refractivity contribution >= 4 is 74.6 Å². The van der Waals surface area contributed by atoms with Crippen LogP contribution in [0, 0.1) is 0 Å². The predicted molar refractivity (Wildman–Crippen MR) is 345 cm³/mol. The average Bonchev–Trinajstić information content (AvgIpc) is 1.68. The van der Waals surface area contributed by atoms with Crippen molar-refractivity contribution in [1.29, 1.82) is 0 Å². The molecule has 6 aliphatic heterocycles. The van der Waals surface area contributed by atoms with Crippen molar-refractivity contribution in [2.75, 3.05) is 13.1 Å². The summed E-state index contributed by atoms with van der Waals surface area (Å²) in [7, 11) is 0. The summed E-state index contributed by atoms with van der Waals surface area (Å²) in [4.78, 5) is 140. The van der Waals surface area contributed by atoms with Gasteiger partial charge >= 0.3 is 48.0 Å². The number of fused-ring (bicyclic) bond motifs is 15. The van der Waals surface area contributed by atoms with Crippen molar-refractivity contribution in [1.82, 2.24) is 39.3 Å². The molecule has 12 heterocycles. The molecule has 99 heavy (non-hydrogen) atoms. The topological polar surface area (TPSA) is 324 Å². The Kier molecular flexibility index (Phi) is 16.4. The van der Waals surface area contributed by atoms with Crippen LogP contribution < -0.4 is 27.3 Å². The molecule has 0 unspecified atom stereocenters. The molecule has 0 fully saturated rings. The third-order valence-electron chi connectivity index (χ3n) is 18.2. The molecule has 2 amide bonds. The fourth-order valence-electron chi connectivity index (χ4n) is 13.3. The largest absolute Gasteiger partial charge is 0.471 e. The highest BCUT2D eigenvalue weighted by molar-refractivity contribution is 5.93. The first-order chi connectivity index (χ1) is 47.1. The van der Waals surface area contributed by atoms with E-state index in [4.69, 9.17) is 38.4 Å². The second-order valence-electron chi connectivity index (χ2n) is 25.3. The molecule has 9 aromatic rings. The van der Waals surface area contributed by atoms with E-state index in [9.17, 15) is 66.2 Å². The number of carbonyl (C=O) groups is 7. The van der Waals surface area contributed by atoms with Crippen LogP contribution in [-0.4, -0.2) is 100 Å². The van der Waals surface area contributed by atoms with E-state index in [0.29, 0.717) is 58.2 Å². The Balaban J connectivity index is 0.000000135. The monoisotopic (exact) mass is 1350 g/mol. The van der Waals surface area contributed by atoms with E-state index in [0.717, 1.165) is 49.6 Å². The molecule has 3 N–H and O–H groups in total. The van der Waals surface area contributed by atoms with Crippen LogP contribution in [0.2, 0.25) is 0 Å². The lowest BCUT2D eigenvalue weighted by Crippen LogP contribution is -2.49. The summed E-state index contributed by atoms with van der Waals surface area (Å²) in [6, 6.07) is 33.8. The number of aromatic nitrogens is 6. The second kappa shape index (κ2) is 24.6. The van der Waals surface area contributed by atoms with E-state index >= 15 is 0 Å². The van der Waals surface area contributed by atoms with E-state index in [2.05, 4.69) is 10.3 Å². The highest BCUT2D eigenvalue weighted by atomic mass is 19.4. The number of alkyl carbamates (subject to hydrolysis) is 1.